The quantitative estimate of drug-likeness (QED) is 0.197. The van der Waals surface area contributed by atoms with Gasteiger partial charge in [0.05, 0.1) is 23.7 Å². The molecule has 300 valence electrons. The minimum atomic E-state index is -1.18. The second-order valence-electron chi connectivity index (χ2n) is 20.4. The van der Waals surface area contributed by atoms with E-state index < -0.39 is 29.0 Å². The first-order chi connectivity index (χ1) is 25.6. The molecule has 0 radical (unpaired) electrons. The number of carbonyl (C=O) groups excluding carboxylic acids is 3. The average molecular weight is 758 g/mol. The Morgan fingerprint density at radius 2 is 1.71 bits per heavy atom. The van der Waals surface area contributed by atoms with Crippen molar-refractivity contribution in [1.29, 1.82) is 0 Å². The number of carboxylic acid groups (broad SMARTS) is 1. The number of aldehydes is 1. The van der Waals surface area contributed by atoms with Crippen molar-refractivity contribution < 1.29 is 34.1 Å². The van der Waals surface area contributed by atoms with Crippen LogP contribution in [0.5, 0.6) is 0 Å². The third-order valence-corrected chi connectivity index (χ3v) is 16.7. The molecule has 10 nitrogen and oxygen atoms in total. The standard InChI is InChI=1S/C45H63N3O7/c1-26(2)37-30(50)22-45(33-21-35(51)48(47(33)10)28-12-11-27(25-49)46-24-28)20-19-43(8)29(38(37)45)13-14-32-42(7)17-16-34(55-36(52)23-40(3,4)39(53)54)41(5,6)31(42)15-18-44(32,43)9/h11-12,21,24-26,29,31-32,34-35,51H,13-20,22-23H2,1-10H3,(H,53,54)/t29-,31+,32-,34+,35?,42+,43-,44-,45+/m1/s1. The van der Waals surface area contributed by atoms with E-state index in [1.54, 1.807) is 37.2 Å². The predicted octanol–water partition coefficient (Wildman–Crippen LogP) is 8.16. The second kappa shape index (κ2) is 13.0. The highest BCUT2D eigenvalue weighted by Crippen LogP contribution is 2.77. The number of esters is 1. The maximum atomic E-state index is 14.3. The van der Waals surface area contributed by atoms with Gasteiger partial charge < -0.3 is 14.9 Å². The van der Waals surface area contributed by atoms with Crippen molar-refractivity contribution in [2.45, 2.75) is 139 Å². The summed E-state index contributed by atoms with van der Waals surface area (Å²) >= 11 is 0. The molecule has 5 aliphatic carbocycles. The van der Waals surface area contributed by atoms with Crippen LogP contribution in [0, 0.1) is 56.2 Å². The van der Waals surface area contributed by atoms with Gasteiger partial charge in [0.25, 0.3) is 0 Å². The number of ketones is 1. The summed E-state index contributed by atoms with van der Waals surface area (Å²) in [6.45, 7) is 19.6. The number of carboxylic acids is 1. The number of rotatable bonds is 8. The van der Waals surface area contributed by atoms with E-state index in [0.717, 1.165) is 62.6 Å². The van der Waals surface area contributed by atoms with E-state index in [4.69, 9.17) is 4.74 Å². The third kappa shape index (κ3) is 5.60. The summed E-state index contributed by atoms with van der Waals surface area (Å²) in [4.78, 5) is 54.8. The number of anilines is 1. The van der Waals surface area contributed by atoms with E-state index in [0.29, 0.717) is 35.9 Å². The summed E-state index contributed by atoms with van der Waals surface area (Å²) in [7, 11) is 1.97. The van der Waals surface area contributed by atoms with Gasteiger partial charge in [-0.25, -0.2) is 0 Å². The van der Waals surface area contributed by atoms with E-state index >= 15 is 0 Å². The highest BCUT2D eigenvalue weighted by molar-refractivity contribution is 6.01. The van der Waals surface area contributed by atoms with Crippen LogP contribution >= 0.6 is 0 Å². The van der Waals surface area contributed by atoms with Crippen molar-refractivity contribution in [3.63, 3.8) is 0 Å². The molecule has 1 unspecified atom stereocenters. The largest absolute Gasteiger partial charge is 0.481 e. The van der Waals surface area contributed by atoms with Gasteiger partial charge in [-0.05, 0) is 134 Å². The maximum absolute atomic E-state index is 14.3. The summed E-state index contributed by atoms with van der Waals surface area (Å²) < 4.78 is 6.18. The lowest BCUT2D eigenvalue weighted by Gasteiger charge is -2.72. The molecular formula is C45H63N3O7. The molecule has 2 N–H and O–H groups in total. The van der Waals surface area contributed by atoms with Crippen molar-refractivity contribution in [2.24, 2.45) is 56.2 Å². The number of nitrogens with zero attached hydrogens (tertiary/aromatic N) is 3. The van der Waals surface area contributed by atoms with Gasteiger partial charge >= 0.3 is 11.9 Å². The fraction of sp³-hybridized carbons (Fsp3) is 0.711. The van der Waals surface area contributed by atoms with Crippen LogP contribution in [-0.2, 0) is 19.1 Å². The molecule has 6 aliphatic rings. The molecule has 9 atom stereocenters. The molecular weight excluding hydrogens is 695 g/mol. The summed E-state index contributed by atoms with van der Waals surface area (Å²) in [5.74, 6) is -0.0829. The zero-order chi connectivity index (χ0) is 40.3. The lowest BCUT2D eigenvalue weighted by atomic mass is 9.33. The van der Waals surface area contributed by atoms with Crippen LogP contribution in [0.25, 0.3) is 0 Å². The lowest BCUT2D eigenvalue weighted by molar-refractivity contribution is -0.233. The van der Waals surface area contributed by atoms with Gasteiger partial charge in [0, 0.05) is 30.0 Å². The Bertz CT molecular complexity index is 1850. The molecule has 2 heterocycles. The van der Waals surface area contributed by atoms with Crippen molar-refractivity contribution in [3.05, 3.63) is 46.9 Å². The van der Waals surface area contributed by atoms with Crippen molar-refractivity contribution in [2.75, 3.05) is 12.1 Å². The highest BCUT2D eigenvalue weighted by Gasteiger charge is 2.71. The van der Waals surface area contributed by atoms with Crippen LogP contribution in [0.4, 0.5) is 5.69 Å². The molecule has 0 aromatic carbocycles. The number of fused-ring (bicyclic) bond motifs is 7. The van der Waals surface area contributed by atoms with Crippen LogP contribution in [0.2, 0.25) is 0 Å². The maximum Gasteiger partial charge on any atom is 0.309 e. The number of aromatic nitrogens is 1. The number of hydrogen-bond donors (Lipinski definition) is 2. The van der Waals surface area contributed by atoms with Crippen molar-refractivity contribution >= 4 is 29.7 Å². The van der Waals surface area contributed by atoms with Crippen LogP contribution in [0.1, 0.15) is 137 Å². The van der Waals surface area contributed by atoms with E-state index in [1.165, 1.54) is 5.57 Å². The minimum absolute atomic E-state index is 0.0205. The first-order valence-electron chi connectivity index (χ1n) is 20.6. The number of aliphatic carboxylic acids is 1. The summed E-state index contributed by atoms with van der Waals surface area (Å²) in [5, 5.41) is 25.0. The number of pyridine rings is 1. The Balaban J connectivity index is 1.20. The zero-order valence-electron chi connectivity index (χ0n) is 34.7. The zero-order valence-corrected chi connectivity index (χ0v) is 34.7. The first-order valence-corrected chi connectivity index (χ1v) is 20.6. The first kappa shape index (κ1) is 39.7. The van der Waals surface area contributed by atoms with Gasteiger partial charge in [-0.3, -0.25) is 34.2 Å². The number of ether oxygens (including phenoxy) is 1. The van der Waals surface area contributed by atoms with E-state index in [2.05, 4.69) is 53.5 Å². The van der Waals surface area contributed by atoms with Crippen molar-refractivity contribution in [3.8, 4) is 0 Å². The number of allylic oxidation sites excluding steroid dienone is 2. The number of hydrogen-bond acceptors (Lipinski definition) is 9. The van der Waals surface area contributed by atoms with Gasteiger partial charge in [0.1, 0.15) is 11.8 Å². The van der Waals surface area contributed by atoms with Gasteiger partial charge in [0.2, 0.25) is 0 Å². The molecule has 7 rings (SSSR count). The number of aliphatic hydroxyl groups is 1. The third-order valence-electron chi connectivity index (χ3n) is 16.7. The predicted molar refractivity (Wildman–Crippen MR) is 209 cm³/mol. The second-order valence-corrected chi connectivity index (χ2v) is 20.4. The molecule has 1 aromatic rings. The molecule has 1 aromatic heterocycles. The number of hydrazine groups is 1. The normalized spacial score (nSPS) is 38.2. The molecule has 10 heteroatoms. The molecule has 55 heavy (non-hydrogen) atoms. The molecule has 0 bridgehead atoms. The monoisotopic (exact) mass is 757 g/mol. The summed E-state index contributed by atoms with van der Waals surface area (Å²) in [6, 6.07) is 3.46. The van der Waals surface area contributed by atoms with E-state index in [-0.39, 0.29) is 51.8 Å². The molecule has 0 saturated heterocycles. The van der Waals surface area contributed by atoms with Gasteiger partial charge in [-0.1, -0.05) is 48.5 Å². The van der Waals surface area contributed by atoms with Gasteiger partial charge in [0.15, 0.2) is 18.3 Å². The smallest absolute Gasteiger partial charge is 0.309 e. The number of aliphatic hydroxyl groups excluding tert-OH is 1. The lowest BCUT2D eigenvalue weighted by Crippen LogP contribution is -2.66. The van der Waals surface area contributed by atoms with Crippen molar-refractivity contribution in [1.82, 2.24) is 9.99 Å². The Morgan fingerprint density at radius 1 is 1.00 bits per heavy atom. The Labute approximate surface area is 327 Å². The van der Waals surface area contributed by atoms with E-state index in [9.17, 15) is 29.4 Å². The van der Waals surface area contributed by atoms with Crippen LogP contribution < -0.4 is 5.01 Å². The molecule has 0 amide bonds. The fourth-order valence-corrected chi connectivity index (χ4v) is 13.8. The Morgan fingerprint density at radius 3 is 2.33 bits per heavy atom. The SMILES string of the molecule is CC(C)C1=C2[C@H]3CC[C@@H]4[C@@]5(C)CC[C@H](OC(=O)CC(C)(C)C(=O)O)C(C)(C)[C@@H]5CC[C@@]4(C)[C@]3(C)CC[C@@]2(C2=CC(O)N(c3ccc(C=O)nc3)N2C)CC1=O. The average Bonchev–Trinajstić information content (AvgIpc) is 3.58. The number of Topliss-reactive ketones (excluding diaryl/α,β-unsaturated/α-hetero) is 1. The highest BCUT2D eigenvalue weighted by atomic mass is 16.5. The minimum Gasteiger partial charge on any atom is -0.481 e. The van der Waals surface area contributed by atoms with Crippen LogP contribution in [-0.4, -0.2) is 63.6 Å². The molecule has 4 saturated carbocycles. The Hall–Kier alpha value is -3.53. The van der Waals surface area contributed by atoms with Crippen LogP contribution in [0.15, 0.2) is 41.2 Å². The summed E-state index contributed by atoms with van der Waals surface area (Å²) in [5.41, 5.74) is 2.35. The molecule has 0 spiro atoms. The fourth-order valence-electron chi connectivity index (χ4n) is 13.8. The van der Waals surface area contributed by atoms with Gasteiger partial charge in [-0.15, -0.1) is 0 Å². The topological polar surface area (TPSA) is 137 Å². The summed E-state index contributed by atoms with van der Waals surface area (Å²) in [6.07, 6.45) is 11.0. The molecule has 1 aliphatic heterocycles. The van der Waals surface area contributed by atoms with Gasteiger partial charge in [-0.2, -0.15) is 0 Å². The molecule has 4 fully saturated rings. The Kier molecular flexibility index (Phi) is 9.38. The van der Waals surface area contributed by atoms with E-state index in [1.807, 2.05) is 18.1 Å². The number of carbonyl (C=O) groups is 4. The van der Waals surface area contributed by atoms with Crippen LogP contribution in [0.3, 0.4) is 0 Å².